The molecule has 0 saturated carbocycles. The van der Waals surface area contributed by atoms with Crippen molar-refractivity contribution >= 4 is 23.1 Å². The van der Waals surface area contributed by atoms with Gasteiger partial charge in [-0.15, -0.1) is 6.58 Å². The Bertz CT molecular complexity index is 31.6. The molecule has 0 fully saturated rings. The van der Waals surface area contributed by atoms with Crippen molar-refractivity contribution in [3.05, 3.63) is 12.7 Å². The second-order valence-electron chi connectivity index (χ2n) is 1.08. The van der Waals surface area contributed by atoms with Gasteiger partial charge in [-0.2, -0.15) is 0 Å². The molecular formula is C5H10Br2Mg. The largest absolute Gasteiger partial charge is 2.00 e. The fourth-order valence-corrected chi connectivity index (χ4v) is 0.204. The van der Waals surface area contributed by atoms with Crippen LogP contribution in [0.5, 0.6) is 0 Å². The molecule has 0 spiro atoms. The molecule has 0 aliphatic rings. The van der Waals surface area contributed by atoms with Gasteiger partial charge in [0.05, 0.1) is 0 Å². The van der Waals surface area contributed by atoms with E-state index < -0.39 is 0 Å². The van der Waals surface area contributed by atoms with E-state index in [1.807, 2.05) is 6.08 Å². The first-order valence-electron chi connectivity index (χ1n) is 2.02. The normalized spacial score (nSPS) is 4.62. The third kappa shape index (κ3) is 26.0. The Balaban J connectivity index is -0.0000000267. The number of hydrogen-bond acceptors (Lipinski definition) is 0. The van der Waals surface area contributed by atoms with Crippen molar-refractivity contribution in [2.75, 3.05) is 0 Å². The molecule has 46 valence electrons. The predicted molar refractivity (Wildman–Crippen MR) is 30.9 cm³/mol. The summed E-state index contributed by atoms with van der Waals surface area (Å²) >= 11 is 0. The van der Waals surface area contributed by atoms with Gasteiger partial charge in [-0.3, -0.25) is 0 Å². The van der Waals surface area contributed by atoms with Crippen molar-refractivity contribution in [3.8, 4) is 0 Å². The van der Waals surface area contributed by atoms with E-state index in [1.54, 1.807) is 0 Å². The Morgan fingerprint density at radius 1 is 1.38 bits per heavy atom. The van der Waals surface area contributed by atoms with Gasteiger partial charge in [-0.25, -0.2) is 0 Å². The van der Waals surface area contributed by atoms with Crippen LogP contribution in [-0.4, -0.2) is 23.1 Å². The molecule has 0 aliphatic carbocycles. The van der Waals surface area contributed by atoms with Gasteiger partial charge in [0.1, 0.15) is 0 Å². The SMILES string of the molecule is C=CCCC.[Br-].[Br-].[Mg+2]. The third-order valence-corrected chi connectivity index (χ3v) is 0.493. The molecule has 0 radical (unpaired) electrons. The quantitative estimate of drug-likeness (QED) is 0.345. The van der Waals surface area contributed by atoms with Crippen LogP contribution in [0.15, 0.2) is 12.7 Å². The summed E-state index contributed by atoms with van der Waals surface area (Å²) in [5.41, 5.74) is 0. The smallest absolute Gasteiger partial charge is 1.00 e. The minimum absolute atomic E-state index is 0. The number of hydrogen-bond donors (Lipinski definition) is 0. The summed E-state index contributed by atoms with van der Waals surface area (Å²) in [7, 11) is 0. The second-order valence-corrected chi connectivity index (χ2v) is 1.08. The molecular weight excluding hydrogens is 244 g/mol. The van der Waals surface area contributed by atoms with Crippen LogP contribution in [0.4, 0.5) is 0 Å². The fraction of sp³-hybridized carbons (Fsp3) is 0.600. The zero-order chi connectivity index (χ0) is 4.12. The molecule has 0 heterocycles. The van der Waals surface area contributed by atoms with Crippen LogP contribution in [0.2, 0.25) is 0 Å². The summed E-state index contributed by atoms with van der Waals surface area (Å²) < 4.78 is 0. The van der Waals surface area contributed by atoms with Crippen molar-refractivity contribution in [1.82, 2.24) is 0 Å². The van der Waals surface area contributed by atoms with Gasteiger partial charge < -0.3 is 34.0 Å². The van der Waals surface area contributed by atoms with Crippen LogP contribution >= 0.6 is 0 Å². The average molecular weight is 254 g/mol. The summed E-state index contributed by atoms with van der Waals surface area (Å²) in [6.07, 6.45) is 4.31. The minimum Gasteiger partial charge on any atom is -1.00 e. The van der Waals surface area contributed by atoms with Gasteiger partial charge >= 0.3 is 23.1 Å². The second kappa shape index (κ2) is 23.7. The number of unbranched alkanes of at least 4 members (excludes halogenated alkanes) is 1. The molecule has 0 aliphatic heterocycles. The van der Waals surface area contributed by atoms with Crippen LogP contribution in [0.1, 0.15) is 19.8 Å². The first-order chi connectivity index (χ1) is 2.41. The molecule has 0 saturated heterocycles. The van der Waals surface area contributed by atoms with E-state index in [1.165, 1.54) is 6.42 Å². The molecule has 3 heteroatoms. The van der Waals surface area contributed by atoms with E-state index in [2.05, 4.69) is 13.5 Å². The van der Waals surface area contributed by atoms with Crippen molar-refractivity contribution in [2.24, 2.45) is 0 Å². The Kier molecular flexibility index (Phi) is 67.2. The molecule has 0 aromatic heterocycles. The van der Waals surface area contributed by atoms with Gasteiger partial charge in [0.2, 0.25) is 0 Å². The molecule has 8 heavy (non-hydrogen) atoms. The first kappa shape index (κ1) is 22.7. The zero-order valence-corrected chi connectivity index (χ0v) is 9.75. The van der Waals surface area contributed by atoms with E-state index in [9.17, 15) is 0 Å². The molecule has 0 nitrogen and oxygen atoms in total. The Morgan fingerprint density at radius 2 is 1.75 bits per heavy atom. The maximum atomic E-state index is 3.55. The van der Waals surface area contributed by atoms with Crippen molar-refractivity contribution in [3.63, 3.8) is 0 Å². The number of allylic oxidation sites excluding steroid dienone is 1. The molecule has 0 atom stereocenters. The van der Waals surface area contributed by atoms with E-state index in [0.717, 1.165) is 6.42 Å². The molecule has 0 unspecified atom stereocenters. The van der Waals surface area contributed by atoms with Crippen molar-refractivity contribution in [2.45, 2.75) is 19.8 Å². The maximum Gasteiger partial charge on any atom is 2.00 e. The average Bonchev–Trinajstić information content (AvgIpc) is 1.41. The van der Waals surface area contributed by atoms with Gasteiger partial charge in [0.25, 0.3) is 0 Å². The van der Waals surface area contributed by atoms with E-state index in [4.69, 9.17) is 0 Å². The summed E-state index contributed by atoms with van der Waals surface area (Å²) in [4.78, 5) is 0. The standard InChI is InChI=1S/C5H10.2BrH.Mg/c1-3-5-4-2;;;/h3H,1,4-5H2,2H3;2*1H;/q;;;+2/p-2. The monoisotopic (exact) mass is 252 g/mol. The van der Waals surface area contributed by atoms with E-state index in [0.29, 0.717) is 0 Å². The Morgan fingerprint density at radius 3 is 1.75 bits per heavy atom. The van der Waals surface area contributed by atoms with Crippen molar-refractivity contribution < 1.29 is 34.0 Å². The third-order valence-electron chi connectivity index (χ3n) is 0.493. The summed E-state index contributed by atoms with van der Waals surface area (Å²) in [5.74, 6) is 0. The zero-order valence-electron chi connectivity index (χ0n) is 5.16. The minimum atomic E-state index is 0. The maximum absolute atomic E-state index is 3.55. The van der Waals surface area contributed by atoms with Crippen LogP contribution < -0.4 is 34.0 Å². The Hall–Kier alpha value is 1.47. The topological polar surface area (TPSA) is 0 Å². The van der Waals surface area contributed by atoms with E-state index >= 15 is 0 Å². The van der Waals surface area contributed by atoms with Gasteiger partial charge in [0, 0.05) is 0 Å². The summed E-state index contributed by atoms with van der Waals surface area (Å²) in [5, 5.41) is 0. The van der Waals surface area contributed by atoms with Crippen LogP contribution in [0, 0.1) is 0 Å². The van der Waals surface area contributed by atoms with Crippen molar-refractivity contribution in [1.29, 1.82) is 0 Å². The molecule has 0 bridgehead atoms. The molecule has 0 aromatic rings. The predicted octanol–water partition coefficient (Wildman–Crippen LogP) is -4.40. The van der Waals surface area contributed by atoms with Gasteiger partial charge in [0.15, 0.2) is 0 Å². The van der Waals surface area contributed by atoms with Crippen LogP contribution in [0.3, 0.4) is 0 Å². The Labute approximate surface area is 88.8 Å². The fourth-order valence-electron chi connectivity index (χ4n) is 0.204. The summed E-state index contributed by atoms with van der Waals surface area (Å²) in [6, 6.07) is 0. The molecule has 0 amide bonds. The number of halogens is 2. The van der Waals surface area contributed by atoms with Gasteiger partial charge in [-0.1, -0.05) is 19.4 Å². The molecule has 0 N–H and O–H groups in total. The van der Waals surface area contributed by atoms with Crippen LogP contribution in [-0.2, 0) is 0 Å². The molecule has 0 aromatic carbocycles. The van der Waals surface area contributed by atoms with Gasteiger partial charge in [-0.05, 0) is 6.42 Å². The number of rotatable bonds is 2. The summed E-state index contributed by atoms with van der Waals surface area (Å²) in [6.45, 7) is 5.69. The molecule has 0 rings (SSSR count). The first-order valence-corrected chi connectivity index (χ1v) is 2.02. The van der Waals surface area contributed by atoms with E-state index in [-0.39, 0.29) is 57.0 Å². The van der Waals surface area contributed by atoms with Crippen LogP contribution in [0.25, 0.3) is 0 Å².